The van der Waals surface area contributed by atoms with Crippen LogP contribution in [0.25, 0.3) is 0 Å². The fraction of sp³-hybridized carbons (Fsp3) is 0.286. The molecule has 5 heteroatoms. The lowest BCUT2D eigenvalue weighted by Crippen LogP contribution is -2.35. The number of anilines is 1. The molecule has 1 aromatic heterocycles. The monoisotopic (exact) mass is 275 g/mol. The zero-order chi connectivity index (χ0) is 13.8. The van der Waals surface area contributed by atoms with E-state index < -0.39 is 0 Å². The van der Waals surface area contributed by atoms with E-state index in [2.05, 4.69) is 4.98 Å². The molecule has 0 saturated carbocycles. The standard InChI is InChI=1S/C14H17N3OS/c1-10(2)17(14(18)13-7-16-9-19-13)8-11-3-5-12(15)6-4-11/h3-7,9-10H,8,15H2,1-2H3. The van der Waals surface area contributed by atoms with Crippen LogP contribution in [0.1, 0.15) is 29.1 Å². The van der Waals surface area contributed by atoms with Gasteiger partial charge in [0.25, 0.3) is 5.91 Å². The van der Waals surface area contributed by atoms with Crippen LogP contribution in [0, 0.1) is 0 Å². The number of carbonyl (C=O) groups is 1. The molecule has 19 heavy (non-hydrogen) atoms. The average Bonchev–Trinajstić information content (AvgIpc) is 2.91. The summed E-state index contributed by atoms with van der Waals surface area (Å²) in [5.41, 5.74) is 9.14. The lowest BCUT2D eigenvalue weighted by molar-refractivity contribution is 0.0695. The number of rotatable bonds is 4. The number of nitrogens with two attached hydrogens (primary N) is 1. The number of nitrogens with zero attached hydrogens (tertiary/aromatic N) is 2. The van der Waals surface area contributed by atoms with Gasteiger partial charge in [0.1, 0.15) is 4.88 Å². The minimum atomic E-state index is 0.0225. The van der Waals surface area contributed by atoms with Crippen molar-refractivity contribution in [2.24, 2.45) is 0 Å². The van der Waals surface area contributed by atoms with Crippen LogP contribution in [-0.2, 0) is 6.54 Å². The highest BCUT2D eigenvalue weighted by atomic mass is 32.1. The fourth-order valence-electron chi connectivity index (χ4n) is 1.77. The van der Waals surface area contributed by atoms with Gasteiger partial charge in [-0.3, -0.25) is 9.78 Å². The number of carbonyl (C=O) groups excluding carboxylic acids is 1. The van der Waals surface area contributed by atoms with Gasteiger partial charge in [-0.25, -0.2) is 0 Å². The summed E-state index contributed by atoms with van der Waals surface area (Å²) in [6, 6.07) is 7.73. The van der Waals surface area contributed by atoms with Crippen LogP contribution in [0.5, 0.6) is 0 Å². The van der Waals surface area contributed by atoms with Gasteiger partial charge in [0, 0.05) is 18.3 Å². The van der Waals surface area contributed by atoms with Crippen molar-refractivity contribution >= 4 is 22.9 Å². The van der Waals surface area contributed by atoms with Crippen LogP contribution in [0.4, 0.5) is 5.69 Å². The number of hydrogen-bond donors (Lipinski definition) is 1. The molecule has 2 rings (SSSR count). The van der Waals surface area contributed by atoms with Crippen LogP contribution in [0.3, 0.4) is 0 Å². The Bertz CT molecular complexity index is 534. The van der Waals surface area contributed by atoms with Gasteiger partial charge in [-0.1, -0.05) is 12.1 Å². The fourth-order valence-corrected chi connectivity index (χ4v) is 2.35. The Morgan fingerprint density at radius 1 is 1.37 bits per heavy atom. The minimum absolute atomic E-state index is 0.0225. The molecule has 2 aromatic rings. The molecule has 0 aliphatic carbocycles. The van der Waals surface area contributed by atoms with E-state index in [0.717, 1.165) is 11.3 Å². The van der Waals surface area contributed by atoms with Crippen molar-refractivity contribution in [2.45, 2.75) is 26.4 Å². The first-order valence-electron chi connectivity index (χ1n) is 6.12. The topological polar surface area (TPSA) is 59.2 Å². The van der Waals surface area contributed by atoms with Crippen LogP contribution in [0.2, 0.25) is 0 Å². The maximum absolute atomic E-state index is 12.4. The predicted molar refractivity (Wildman–Crippen MR) is 78.0 cm³/mol. The zero-order valence-corrected chi connectivity index (χ0v) is 11.9. The first-order valence-corrected chi connectivity index (χ1v) is 7.00. The maximum Gasteiger partial charge on any atom is 0.266 e. The number of amides is 1. The SMILES string of the molecule is CC(C)N(Cc1ccc(N)cc1)C(=O)c1cncs1. The van der Waals surface area contributed by atoms with Crippen molar-refractivity contribution in [1.82, 2.24) is 9.88 Å². The van der Waals surface area contributed by atoms with E-state index in [-0.39, 0.29) is 11.9 Å². The summed E-state index contributed by atoms with van der Waals surface area (Å²) in [6.07, 6.45) is 1.62. The van der Waals surface area contributed by atoms with Gasteiger partial charge in [-0.15, -0.1) is 11.3 Å². The van der Waals surface area contributed by atoms with Gasteiger partial charge >= 0.3 is 0 Å². The summed E-state index contributed by atoms with van der Waals surface area (Å²) in [5.74, 6) is 0.0225. The molecular weight excluding hydrogens is 258 g/mol. The Kier molecular flexibility index (Phi) is 4.16. The Labute approximate surface area is 116 Å². The molecule has 1 heterocycles. The molecule has 0 fully saturated rings. The summed E-state index contributed by atoms with van der Waals surface area (Å²) < 4.78 is 0. The number of thiazole rings is 1. The number of benzene rings is 1. The van der Waals surface area contributed by atoms with Crippen molar-refractivity contribution in [3.8, 4) is 0 Å². The van der Waals surface area contributed by atoms with Crippen LogP contribution >= 0.6 is 11.3 Å². The highest BCUT2D eigenvalue weighted by Crippen LogP contribution is 2.16. The summed E-state index contributed by atoms with van der Waals surface area (Å²) in [6.45, 7) is 4.60. The maximum atomic E-state index is 12.4. The largest absolute Gasteiger partial charge is 0.399 e. The molecular formula is C14H17N3OS. The molecule has 1 amide bonds. The van der Waals surface area contributed by atoms with Gasteiger partial charge in [0.2, 0.25) is 0 Å². The van der Waals surface area contributed by atoms with Gasteiger partial charge in [-0.05, 0) is 31.5 Å². The smallest absolute Gasteiger partial charge is 0.266 e. The van der Waals surface area contributed by atoms with Crippen molar-refractivity contribution < 1.29 is 4.79 Å². The second-order valence-corrected chi connectivity index (χ2v) is 5.52. The molecule has 0 aliphatic rings. The molecule has 2 N–H and O–H groups in total. The van der Waals surface area contributed by atoms with Crippen LogP contribution in [0.15, 0.2) is 36.0 Å². The molecule has 100 valence electrons. The Morgan fingerprint density at radius 2 is 2.05 bits per heavy atom. The van der Waals surface area contributed by atoms with E-state index in [1.165, 1.54) is 11.3 Å². The Morgan fingerprint density at radius 3 is 2.58 bits per heavy atom. The van der Waals surface area contributed by atoms with Crippen LogP contribution < -0.4 is 5.73 Å². The Hall–Kier alpha value is -1.88. The van der Waals surface area contributed by atoms with Gasteiger partial charge in [0.15, 0.2) is 0 Å². The lowest BCUT2D eigenvalue weighted by atomic mass is 10.1. The molecule has 1 aromatic carbocycles. The second-order valence-electron chi connectivity index (χ2n) is 4.63. The van der Waals surface area contributed by atoms with Gasteiger partial charge < -0.3 is 10.6 Å². The first kappa shape index (κ1) is 13.5. The molecule has 0 unspecified atom stereocenters. The Balaban J connectivity index is 2.17. The minimum Gasteiger partial charge on any atom is -0.399 e. The summed E-state index contributed by atoms with van der Waals surface area (Å²) in [7, 11) is 0. The first-order chi connectivity index (χ1) is 9.08. The normalized spacial score (nSPS) is 10.7. The zero-order valence-electron chi connectivity index (χ0n) is 11.0. The summed E-state index contributed by atoms with van der Waals surface area (Å²) in [4.78, 5) is 18.9. The van der Waals surface area contributed by atoms with Gasteiger partial charge in [-0.2, -0.15) is 0 Å². The van der Waals surface area contributed by atoms with Crippen molar-refractivity contribution in [2.75, 3.05) is 5.73 Å². The summed E-state index contributed by atoms with van der Waals surface area (Å²) in [5, 5.41) is 0. The van der Waals surface area contributed by atoms with Crippen molar-refractivity contribution in [1.29, 1.82) is 0 Å². The number of nitrogen functional groups attached to an aromatic ring is 1. The highest BCUT2D eigenvalue weighted by molar-refractivity contribution is 7.11. The van der Waals surface area contributed by atoms with E-state index >= 15 is 0 Å². The average molecular weight is 275 g/mol. The molecule has 0 bridgehead atoms. The molecule has 0 radical (unpaired) electrons. The third-order valence-corrected chi connectivity index (χ3v) is 3.62. The van der Waals surface area contributed by atoms with E-state index in [0.29, 0.717) is 11.4 Å². The summed E-state index contributed by atoms with van der Waals surface area (Å²) >= 11 is 1.37. The highest BCUT2D eigenvalue weighted by Gasteiger charge is 2.20. The van der Waals surface area contributed by atoms with Crippen molar-refractivity contribution in [3.63, 3.8) is 0 Å². The predicted octanol–water partition coefficient (Wildman–Crippen LogP) is 2.78. The number of aromatic nitrogens is 1. The quantitative estimate of drug-likeness (QED) is 0.873. The molecule has 0 atom stereocenters. The van der Waals surface area contributed by atoms with Crippen LogP contribution in [-0.4, -0.2) is 21.8 Å². The third-order valence-electron chi connectivity index (χ3n) is 2.86. The van der Waals surface area contributed by atoms with E-state index in [9.17, 15) is 4.79 Å². The molecule has 0 saturated heterocycles. The van der Waals surface area contributed by atoms with E-state index in [1.54, 1.807) is 11.7 Å². The molecule has 0 aliphatic heterocycles. The van der Waals surface area contributed by atoms with Crippen molar-refractivity contribution in [3.05, 3.63) is 46.4 Å². The van der Waals surface area contributed by atoms with E-state index in [1.807, 2.05) is 43.0 Å². The third kappa shape index (κ3) is 3.32. The van der Waals surface area contributed by atoms with E-state index in [4.69, 9.17) is 5.73 Å². The molecule has 4 nitrogen and oxygen atoms in total. The van der Waals surface area contributed by atoms with Gasteiger partial charge in [0.05, 0.1) is 11.7 Å². The molecule has 0 spiro atoms. The number of hydrogen-bond acceptors (Lipinski definition) is 4. The lowest BCUT2D eigenvalue weighted by Gasteiger charge is -2.26. The second kappa shape index (κ2) is 5.84.